The first-order valence-electron chi connectivity index (χ1n) is 6.34. The number of nitrogens with zero attached hydrogens (tertiary/aromatic N) is 3. The monoisotopic (exact) mass is 341 g/mol. The third-order valence-corrected chi connectivity index (χ3v) is 3.07. The van der Waals surface area contributed by atoms with Crippen LogP contribution in [0.1, 0.15) is 16.1 Å². The van der Waals surface area contributed by atoms with Crippen molar-refractivity contribution in [3.05, 3.63) is 46.9 Å². The summed E-state index contributed by atoms with van der Waals surface area (Å²) in [6.07, 6.45) is 2.71. The van der Waals surface area contributed by atoms with Crippen molar-refractivity contribution in [2.75, 3.05) is 20.5 Å². The van der Waals surface area contributed by atoms with Crippen LogP contribution in [-0.2, 0) is 6.54 Å². The van der Waals surface area contributed by atoms with Crippen molar-refractivity contribution in [1.29, 1.82) is 0 Å². The molecule has 0 fully saturated rings. The Balaban J connectivity index is 0.00000116. The van der Waals surface area contributed by atoms with Gasteiger partial charge in [-0.05, 0) is 31.8 Å². The van der Waals surface area contributed by atoms with E-state index < -0.39 is 5.97 Å². The second-order valence-corrected chi connectivity index (χ2v) is 5.04. The van der Waals surface area contributed by atoms with Gasteiger partial charge in [0.05, 0.1) is 5.69 Å². The number of carboxylic acid groups (broad SMARTS) is 1. The molecular weight excluding hydrogens is 325 g/mol. The van der Waals surface area contributed by atoms with E-state index in [4.69, 9.17) is 16.7 Å². The molecule has 5 nitrogen and oxygen atoms in total. The van der Waals surface area contributed by atoms with E-state index >= 15 is 0 Å². The molecule has 1 heterocycles. The SMILES string of the molecule is CCl.CN(C)Cc1ccc(-c2cc(C(=O)O)ncn2)cc1Cl. The molecule has 0 spiro atoms. The minimum atomic E-state index is -1.08. The molecule has 1 aromatic heterocycles. The molecule has 0 bridgehead atoms. The maximum atomic E-state index is 10.9. The highest BCUT2D eigenvalue weighted by Crippen LogP contribution is 2.25. The zero-order valence-electron chi connectivity index (χ0n) is 12.5. The Labute approximate surface area is 139 Å². The molecule has 1 N–H and O–H groups in total. The topological polar surface area (TPSA) is 66.3 Å². The van der Waals surface area contributed by atoms with Gasteiger partial charge in [0.1, 0.15) is 6.33 Å². The van der Waals surface area contributed by atoms with Crippen LogP contribution in [0, 0.1) is 0 Å². The first-order chi connectivity index (χ1) is 10.5. The molecule has 0 amide bonds. The average Bonchev–Trinajstić information content (AvgIpc) is 2.51. The van der Waals surface area contributed by atoms with Crippen LogP contribution in [0.15, 0.2) is 30.6 Å². The van der Waals surface area contributed by atoms with Gasteiger partial charge in [-0.3, -0.25) is 0 Å². The first-order valence-corrected chi connectivity index (χ1v) is 7.47. The molecule has 0 saturated carbocycles. The number of aromatic nitrogens is 2. The van der Waals surface area contributed by atoms with Crippen LogP contribution in [0.5, 0.6) is 0 Å². The van der Waals surface area contributed by atoms with Crippen molar-refractivity contribution in [2.45, 2.75) is 6.54 Å². The lowest BCUT2D eigenvalue weighted by Crippen LogP contribution is -2.10. The Morgan fingerprint density at radius 1 is 1.23 bits per heavy atom. The van der Waals surface area contributed by atoms with Gasteiger partial charge >= 0.3 is 5.97 Å². The van der Waals surface area contributed by atoms with Gasteiger partial charge in [-0.2, -0.15) is 0 Å². The lowest BCUT2D eigenvalue weighted by Gasteiger charge is -2.12. The molecular formula is C15H17Cl2N3O2. The van der Waals surface area contributed by atoms with Crippen LogP contribution in [0.2, 0.25) is 5.02 Å². The summed E-state index contributed by atoms with van der Waals surface area (Å²) in [5.74, 6) is -1.08. The molecule has 0 aliphatic carbocycles. The molecule has 0 aliphatic heterocycles. The molecule has 0 atom stereocenters. The fourth-order valence-corrected chi connectivity index (χ4v) is 2.05. The van der Waals surface area contributed by atoms with Gasteiger partial charge in [0.25, 0.3) is 0 Å². The van der Waals surface area contributed by atoms with Crippen LogP contribution in [-0.4, -0.2) is 46.4 Å². The molecule has 118 valence electrons. The van der Waals surface area contributed by atoms with Gasteiger partial charge < -0.3 is 10.0 Å². The van der Waals surface area contributed by atoms with Crippen molar-refractivity contribution in [1.82, 2.24) is 14.9 Å². The highest BCUT2D eigenvalue weighted by Gasteiger charge is 2.09. The minimum absolute atomic E-state index is 0.0384. The van der Waals surface area contributed by atoms with Crippen LogP contribution < -0.4 is 0 Å². The second kappa shape index (κ2) is 8.68. The Morgan fingerprint density at radius 3 is 2.45 bits per heavy atom. The number of hydrogen-bond donors (Lipinski definition) is 1. The van der Waals surface area contributed by atoms with Gasteiger partial charge in [-0.15, -0.1) is 11.6 Å². The molecule has 0 unspecified atom stereocenters. The zero-order valence-corrected chi connectivity index (χ0v) is 14.1. The van der Waals surface area contributed by atoms with E-state index in [0.29, 0.717) is 10.7 Å². The lowest BCUT2D eigenvalue weighted by atomic mass is 10.1. The Bertz CT molecular complexity index is 648. The summed E-state index contributed by atoms with van der Waals surface area (Å²) < 4.78 is 0. The molecule has 2 rings (SSSR count). The number of benzene rings is 1. The number of rotatable bonds is 4. The third-order valence-electron chi connectivity index (χ3n) is 2.72. The maximum absolute atomic E-state index is 10.9. The molecule has 0 radical (unpaired) electrons. The van der Waals surface area contributed by atoms with E-state index in [1.54, 1.807) is 6.07 Å². The van der Waals surface area contributed by atoms with Gasteiger partial charge in [0.2, 0.25) is 0 Å². The highest BCUT2D eigenvalue weighted by atomic mass is 35.5. The number of aromatic carboxylic acids is 1. The smallest absolute Gasteiger partial charge is 0.354 e. The van der Waals surface area contributed by atoms with E-state index in [1.807, 2.05) is 31.1 Å². The average molecular weight is 342 g/mol. The Hall–Kier alpha value is -1.69. The summed E-state index contributed by atoms with van der Waals surface area (Å²) in [5, 5.41) is 9.56. The van der Waals surface area contributed by atoms with Crippen LogP contribution in [0.3, 0.4) is 0 Å². The van der Waals surface area contributed by atoms with Gasteiger partial charge in [-0.25, -0.2) is 14.8 Å². The van der Waals surface area contributed by atoms with Gasteiger partial charge in [0, 0.05) is 23.5 Å². The second-order valence-electron chi connectivity index (χ2n) is 4.64. The normalized spacial score (nSPS) is 10.1. The molecule has 1 aromatic carbocycles. The summed E-state index contributed by atoms with van der Waals surface area (Å²) in [7, 11) is 3.93. The number of alkyl halides is 1. The first kappa shape index (κ1) is 18.4. The predicted molar refractivity (Wildman–Crippen MR) is 88.6 cm³/mol. The molecule has 7 heteroatoms. The van der Waals surface area contributed by atoms with Crippen molar-refractivity contribution in [2.24, 2.45) is 0 Å². The molecule has 0 aliphatic rings. The van der Waals surface area contributed by atoms with Crippen molar-refractivity contribution >= 4 is 29.2 Å². The summed E-state index contributed by atoms with van der Waals surface area (Å²) in [5.41, 5.74) is 2.27. The molecule has 0 saturated heterocycles. The molecule has 22 heavy (non-hydrogen) atoms. The Kier molecular flexibility index (Phi) is 7.24. The number of carbonyl (C=O) groups is 1. The fraction of sp³-hybridized carbons (Fsp3) is 0.267. The largest absolute Gasteiger partial charge is 0.477 e. The van der Waals surface area contributed by atoms with E-state index in [1.165, 1.54) is 18.8 Å². The van der Waals surface area contributed by atoms with E-state index in [0.717, 1.165) is 17.7 Å². The van der Waals surface area contributed by atoms with Crippen molar-refractivity contribution in [3.8, 4) is 11.3 Å². The van der Waals surface area contributed by atoms with E-state index in [-0.39, 0.29) is 5.69 Å². The zero-order chi connectivity index (χ0) is 16.7. The summed E-state index contributed by atoms with van der Waals surface area (Å²) in [4.78, 5) is 20.7. The third kappa shape index (κ3) is 4.94. The summed E-state index contributed by atoms with van der Waals surface area (Å²) in [6.45, 7) is 0.739. The number of carboxylic acids is 1. The highest BCUT2D eigenvalue weighted by molar-refractivity contribution is 6.31. The number of hydrogen-bond acceptors (Lipinski definition) is 4. The minimum Gasteiger partial charge on any atom is -0.477 e. The van der Waals surface area contributed by atoms with Crippen molar-refractivity contribution < 1.29 is 9.90 Å². The van der Waals surface area contributed by atoms with E-state index in [9.17, 15) is 4.79 Å². The molecule has 2 aromatic rings. The fourth-order valence-electron chi connectivity index (χ4n) is 1.81. The van der Waals surface area contributed by atoms with Gasteiger partial charge in [0.15, 0.2) is 5.69 Å². The standard InChI is InChI=1S/C14H14ClN3O2.CH3Cl/c1-18(2)7-10-4-3-9(5-11(10)15)12-6-13(14(19)20)17-8-16-12;1-2/h3-6,8H,7H2,1-2H3,(H,19,20);1H3. The number of halogens is 2. The quantitative estimate of drug-likeness (QED) is 0.863. The van der Waals surface area contributed by atoms with Crippen molar-refractivity contribution in [3.63, 3.8) is 0 Å². The summed E-state index contributed by atoms with van der Waals surface area (Å²) in [6, 6.07) is 7.01. The lowest BCUT2D eigenvalue weighted by molar-refractivity contribution is 0.0690. The van der Waals surface area contributed by atoms with Crippen LogP contribution in [0.4, 0.5) is 0 Å². The maximum Gasteiger partial charge on any atom is 0.354 e. The van der Waals surface area contributed by atoms with Crippen LogP contribution >= 0.6 is 23.2 Å². The Morgan fingerprint density at radius 2 is 1.91 bits per heavy atom. The predicted octanol–water partition coefficient (Wildman–Crippen LogP) is 3.41. The van der Waals surface area contributed by atoms with E-state index in [2.05, 4.69) is 21.6 Å². The van der Waals surface area contributed by atoms with Crippen LogP contribution in [0.25, 0.3) is 11.3 Å². The van der Waals surface area contributed by atoms with Gasteiger partial charge in [-0.1, -0.05) is 23.7 Å². The summed E-state index contributed by atoms with van der Waals surface area (Å²) >= 11 is 10.9.